The van der Waals surface area contributed by atoms with Crippen molar-refractivity contribution in [3.05, 3.63) is 24.2 Å². The van der Waals surface area contributed by atoms with Crippen LogP contribution in [0.25, 0.3) is 0 Å². The summed E-state index contributed by atoms with van der Waals surface area (Å²) in [6.45, 7) is 4.34. The summed E-state index contributed by atoms with van der Waals surface area (Å²) >= 11 is 0. The van der Waals surface area contributed by atoms with Crippen LogP contribution in [0.3, 0.4) is 0 Å². The molecule has 2 rings (SSSR count). The zero-order valence-electron chi connectivity index (χ0n) is 12.3. The summed E-state index contributed by atoms with van der Waals surface area (Å²) < 4.78 is 10.6. The second kappa shape index (κ2) is 8.10. The van der Waals surface area contributed by atoms with Gasteiger partial charge in [-0.1, -0.05) is 12.8 Å². The minimum atomic E-state index is -0.0862. The van der Waals surface area contributed by atoms with Gasteiger partial charge < -0.3 is 9.15 Å². The van der Waals surface area contributed by atoms with E-state index < -0.39 is 0 Å². The van der Waals surface area contributed by atoms with Crippen molar-refractivity contribution in [3.8, 4) is 0 Å². The standard InChI is InChI=1S/C16H25NO3/c1-2-19-16(18)10-6-12-17-11-5-3-4-8-14(17)15-9-7-13-20-15/h7,9,13-14H,2-6,8,10-12H2,1H3. The smallest absolute Gasteiger partial charge is 0.305 e. The van der Waals surface area contributed by atoms with Crippen molar-refractivity contribution in [2.75, 3.05) is 19.7 Å². The fourth-order valence-electron chi connectivity index (χ4n) is 2.90. The monoisotopic (exact) mass is 279 g/mol. The lowest BCUT2D eigenvalue weighted by atomic mass is 10.1. The van der Waals surface area contributed by atoms with Gasteiger partial charge in [0.25, 0.3) is 0 Å². The Balaban J connectivity index is 1.87. The van der Waals surface area contributed by atoms with Gasteiger partial charge in [0.05, 0.1) is 18.9 Å². The van der Waals surface area contributed by atoms with Crippen molar-refractivity contribution < 1.29 is 13.9 Å². The minimum Gasteiger partial charge on any atom is -0.468 e. The fraction of sp³-hybridized carbons (Fsp3) is 0.688. The quantitative estimate of drug-likeness (QED) is 0.747. The van der Waals surface area contributed by atoms with Crippen LogP contribution < -0.4 is 0 Å². The number of esters is 1. The minimum absolute atomic E-state index is 0.0862. The van der Waals surface area contributed by atoms with Gasteiger partial charge in [0.15, 0.2) is 0 Å². The highest BCUT2D eigenvalue weighted by atomic mass is 16.5. The molecule has 0 aromatic carbocycles. The van der Waals surface area contributed by atoms with Crippen LogP contribution in [0.5, 0.6) is 0 Å². The average molecular weight is 279 g/mol. The normalized spacial score (nSPS) is 20.6. The highest BCUT2D eigenvalue weighted by molar-refractivity contribution is 5.69. The first-order chi connectivity index (χ1) is 9.81. The molecule has 1 aliphatic rings. The van der Waals surface area contributed by atoms with Crippen molar-refractivity contribution in [1.82, 2.24) is 4.90 Å². The van der Waals surface area contributed by atoms with E-state index in [-0.39, 0.29) is 5.97 Å². The summed E-state index contributed by atoms with van der Waals surface area (Å²) in [6, 6.07) is 4.39. The molecule has 112 valence electrons. The largest absolute Gasteiger partial charge is 0.468 e. The Morgan fingerprint density at radius 2 is 2.35 bits per heavy atom. The molecular weight excluding hydrogens is 254 g/mol. The molecule has 20 heavy (non-hydrogen) atoms. The Bertz CT molecular complexity index is 388. The lowest BCUT2D eigenvalue weighted by Gasteiger charge is -2.28. The predicted octanol–water partition coefficient (Wildman–Crippen LogP) is 3.54. The maximum absolute atomic E-state index is 11.4. The van der Waals surface area contributed by atoms with E-state index >= 15 is 0 Å². The first-order valence-corrected chi connectivity index (χ1v) is 7.74. The maximum Gasteiger partial charge on any atom is 0.305 e. The zero-order chi connectivity index (χ0) is 14.2. The van der Waals surface area contributed by atoms with Crippen LogP contribution in [0.1, 0.15) is 57.3 Å². The van der Waals surface area contributed by atoms with E-state index in [1.54, 1.807) is 6.26 Å². The summed E-state index contributed by atoms with van der Waals surface area (Å²) in [5, 5.41) is 0. The van der Waals surface area contributed by atoms with Gasteiger partial charge in [-0.05, 0) is 51.4 Å². The van der Waals surface area contributed by atoms with E-state index in [9.17, 15) is 4.79 Å². The topological polar surface area (TPSA) is 42.7 Å². The van der Waals surface area contributed by atoms with Gasteiger partial charge in [-0.2, -0.15) is 0 Å². The summed E-state index contributed by atoms with van der Waals surface area (Å²) in [6.07, 6.45) is 8.02. The zero-order valence-corrected chi connectivity index (χ0v) is 12.3. The summed E-state index contributed by atoms with van der Waals surface area (Å²) in [5.41, 5.74) is 0. The van der Waals surface area contributed by atoms with E-state index in [4.69, 9.17) is 9.15 Å². The molecule has 0 aliphatic carbocycles. The first kappa shape index (κ1) is 15.1. The van der Waals surface area contributed by atoms with Crippen LogP contribution in [0.15, 0.2) is 22.8 Å². The molecule has 0 amide bonds. The molecule has 0 saturated carbocycles. The van der Waals surface area contributed by atoms with Crippen molar-refractivity contribution in [2.24, 2.45) is 0 Å². The third-order valence-electron chi connectivity index (χ3n) is 3.87. The highest BCUT2D eigenvalue weighted by Crippen LogP contribution is 2.30. The molecule has 4 nitrogen and oxygen atoms in total. The van der Waals surface area contributed by atoms with Gasteiger partial charge in [0.2, 0.25) is 0 Å². The second-order valence-corrected chi connectivity index (χ2v) is 5.33. The lowest BCUT2D eigenvalue weighted by Crippen LogP contribution is -2.29. The Labute approximate surface area is 121 Å². The Morgan fingerprint density at radius 3 is 3.10 bits per heavy atom. The number of nitrogens with zero attached hydrogens (tertiary/aromatic N) is 1. The average Bonchev–Trinajstić information content (AvgIpc) is 2.86. The number of furan rings is 1. The predicted molar refractivity (Wildman–Crippen MR) is 77.4 cm³/mol. The number of carbonyl (C=O) groups excluding carboxylic acids is 1. The maximum atomic E-state index is 11.4. The number of likely N-dealkylation sites (tertiary alicyclic amines) is 1. The number of ether oxygens (including phenoxy) is 1. The molecule has 0 spiro atoms. The summed E-state index contributed by atoms with van der Waals surface area (Å²) in [5.74, 6) is 0.972. The van der Waals surface area contributed by atoms with Crippen LogP contribution in [0.4, 0.5) is 0 Å². The Hall–Kier alpha value is -1.29. The van der Waals surface area contributed by atoms with Gasteiger partial charge in [-0.15, -0.1) is 0 Å². The van der Waals surface area contributed by atoms with Crippen molar-refractivity contribution in [1.29, 1.82) is 0 Å². The molecule has 0 bridgehead atoms. The van der Waals surface area contributed by atoms with Gasteiger partial charge in [0.1, 0.15) is 5.76 Å². The van der Waals surface area contributed by atoms with Crippen LogP contribution >= 0.6 is 0 Å². The molecule has 1 aromatic rings. The molecular formula is C16H25NO3. The van der Waals surface area contributed by atoms with Crippen molar-refractivity contribution in [2.45, 2.75) is 51.5 Å². The molecule has 1 saturated heterocycles. The lowest BCUT2D eigenvalue weighted by molar-refractivity contribution is -0.143. The van der Waals surface area contributed by atoms with Gasteiger partial charge >= 0.3 is 5.97 Å². The molecule has 0 radical (unpaired) electrons. The molecule has 2 heterocycles. The van der Waals surface area contributed by atoms with E-state index in [1.165, 1.54) is 19.3 Å². The first-order valence-electron chi connectivity index (χ1n) is 7.74. The van der Waals surface area contributed by atoms with Crippen LogP contribution in [0, 0.1) is 0 Å². The molecule has 1 aromatic heterocycles. The van der Waals surface area contributed by atoms with E-state index in [0.717, 1.165) is 31.7 Å². The van der Waals surface area contributed by atoms with E-state index in [0.29, 0.717) is 19.1 Å². The molecule has 0 N–H and O–H groups in total. The van der Waals surface area contributed by atoms with Crippen LogP contribution in [-0.4, -0.2) is 30.6 Å². The third kappa shape index (κ3) is 4.37. The van der Waals surface area contributed by atoms with E-state index in [2.05, 4.69) is 11.0 Å². The Kier molecular flexibility index (Phi) is 6.12. The van der Waals surface area contributed by atoms with E-state index in [1.807, 2.05) is 13.0 Å². The Morgan fingerprint density at radius 1 is 1.45 bits per heavy atom. The van der Waals surface area contributed by atoms with Gasteiger partial charge in [-0.3, -0.25) is 9.69 Å². The van der Waals surface area contributed by atoms with Crippen molar-refractivity contribution >= 4 is 5.97 Å². The summed E-state index contributed by atoms with van der Waals surface area (Å²) in [7, 11) is 0. The van der Waals surface area contributed by atoms with Gasteiger partial charge in [-0.25, -0.2) is 0 Å². The molecule has 1 unspecified atom stereocenters. The molecule has 1 fully saturated rings. The summed E-state index contributed by atoms with van der Waals surface area (Å²) in [4.78, 5) is 13.9. The SMILES string of the molecule is CCOC(=O)CCCN1CCCCCC1c1ccco1. The molecule has 1 atom stereocenters. The third-order valence-corrected chi connectivity index (χ3v) is 3.87. The van der Waals surface area contributed by atoms with Gasteiger partial charge in [0, 0.05) is 6.42 Å². The van der Waals surface area contributed by atoms with Crippen LogP contribution in [-0.2, 0) is 9.53 Å². The van der Waals surface area contributed by atoms with Crippen LogP contribution in [0.2, 0.25) is 0 Å². The molecule has 1 aliphatic heterocycles. The fourth-order valence-corrected chi connectivity index (χ4v) is 2.90. The second-order valence-electron chi connectivity index (χ2n) is 5.33. The number of hydrogen-bond acceptors (Lipinski definition) is 4. The number of hydrogen-bond donors (Lipinski definition) is 0. The van der Waals surface area contributed by atoms with Crippen molar-refractivity contribution in [3.63, 3.8) is 0 Å². The number of rotatable bonds is 6. The highest BCUT2D eigenvalue weighted by Gasteiger charge is 2.24. The number of carbonyl (C=O) groups is 1. The molecule has 4 heteroatoms.